The molecule has 3 heterocycles. The Morgan fingerprint density at radius 1 is 1.05 bits per heavy atom. The number of benzene rings is 2. The van der Waals surface area contributed by atoms with E-state index in [1.165, 1.54) is 27.7 Å². The first kappa shape index (κ1) is 30.2. The molecule has 2 aromatic heterocycles. The molecule has 0 unspecified atom stereocenters. The van der Waals surface area contributed by atoms with Gasteiger partial charge in [0, 0.05) is 30.3 Å². The Morgan fingerprint density at radius 3 is 2.33 bits per heavy atom. The van der Waals surface area contributed by atoms with Gasteiger partial charge in [-0.25, -0.2) is 14.0 Å². The van der Waals surface area contributed by atoms with Gasteiger partial charge in [-0.2, -0.15) is 22.0 Å². The molecule has 1 saturated heterocycles. The number of ether oxygens (including phenoxy) is 1. The van der Waals surface area contributed by atoms with Crippen LogP contribution in [0.5, 0.6) is 0 Å². The van der Waals surface area contributed by atoms with E-state index in [2.05, 4.69) is 10.2 Å². The lowest BCUT2D eigenvalue weighted by atomic mass is 10.0. The van der Waals surface area contributed by atoms with E-state index in [1.54, 1.807) is 20.8 Å². The van der Waals surface area contributed by atoms with Crippen molar-refractivity contribution in [2.24, 2.45) is 0 Å². The molecule has 5 rings (SSSR count). The quantitative estimate of drug-likeness (QED) is 0.237. The van der Waals surface area contributed by atoms with Gasteiger partial charge in [-0.3, -0.25) is 9.13 Å². The van der Waals surface area contributed by atoms with Gasteiger partial charge in [-0.1, -0.05) is 6.07 Å². The monoisotopic (exact) mass is 611 g/mol. The maximum Gasteiger partial charge on any atom is 0.416 e. The number of amides is 1. The van der Waals surface area contributed by atoms with E-state index in [4.69, 9.17) is 9.15 Å². The standard InChI is InChI=1S/C28H27F6N5O4/c1-27(2,3)43-26(41)37-10-8-18(9-11-37)39-20-7-6-17(28(32,33)34)13-21(20)38(25(39)40)14-16-5-4-15(12-19(16)29)23-35-36-24(42-23)22(30)31/h4-7,12-13,18,22H,8-11,14H2,1-3H3. The summed E-state index contributed by atoms with van der Waals surface area (Å²) >= 11 is 0. The van der Waals surface area contributed by atoms with Crippen molar-refractivity contribution in [3.8, 4) is 11.5 Å². The Kier molecular flexibility index (Phi) is 7.77. The summed E-state index contributed by atoms with van der Waals surface area (Å²) in [5, 5.41) is 6.68. The third kappa shape index (κ3) is 6.25. The Labute approximate surface area is 240 Å². The highest BCUT2D eigenvalue weighted by Crippen LogP contribution is 2.34. The third-order valence-electron chi connectivity index (χ3n) is 7.03. The highest BCUT2D eigenvalue weighted by atomic mass is 19.4. The normalized spacial score (nSPS) is 15.1. The van der Waals surface area contributed by atoms with E-state index >= 15 is 4.39 Å². The molecule has 1 fully saturated rings. The molecule has 0 bridgehead atoms. The molecule has 0 radical (unpaired) electrons. The van der Waals surface area contributed by atoms with Gasteiger partial charge >= 0.3 is 24.4 Å². The summed E-state index contributed by atoms with van der Waals surface area (Å²) in [5.74, 6) is -2.14. The van der Waals surface area contributed by atoms with Crippen molar-refractivity contribution in [3.05, 3.63) is 69.7 Å². The maximum absolute atomic E-state index is 15.2. The average molecular weight is 612 g/mol. The van der Waals surface area contributed by atoms with Crippen LogP contribution >= 0.6 is 0 Å². The van der Waals surface area contributed by atoms with Crippen molar-refractivity contribution in [1.29, 1.82) is 0 Å². The van der Waals surface area contributed by atoms with Crippen molar-refractivity contribution in [3.63, 3.8) is 0 Å². The average Bonchev–Trinajstić information content (AvgIpc) is 3.52. The van der Waals surface area contributed by atoms with Crippen LogP contribution in [-0.4, -0.2) is 49.0 Å². The number of hydrogen-bond acceptors (Lipinski definition) is 6. The summed E-state index contributed by atoms with van der Waals surface area (Å²) in [6, 6.07) is 6.03. The first-order chi connectivity index (χ1) is 20.1. The SMILES string of the molecule is CC(C)(C)OC(=O)N1CCC(n2c(=O)n(Cc3ccc(-c4nnc(C(F)F)o4)cc3F)c3cc(C(F)(F)F)ccc32)CC1. The molecule has 2 aromatic carbocycles. The number of alkyl halides is 5. The molecule has 15 heteroatoms. The Balaban J connectivity index is 1.48. The highest BCUT2D eigenvalue weighted by molar-refractivity contribution is 5.77. The van der Waals surface area contributed by atoms with Crippen LogP contribution in [0.2, 0.25) is 0 Å². The lowest BCUT2D eigenvalue weighted by molar-refractivity contribution is -0.137. The molecule has 9 nitrogen and oxygen atoms in total. The summed E-state index contributed by atoms with van der Waals surface area (Å²) in [7, 11) is 0. The molecule has 4 aromatic rings. The summed E-state index contributed by atoms with van der Waals surface area (Å²) in [6.45, 7) is 5.33. The second kappa shape index (κ2) is 11.1. The van der Waals surface area contributed by atoms with Gasteiger partial charge in [0.1, 0.15) is 11.4 Å². The summed E-state index contributed by atoms with van der Waals surface area (Å²) < 4.78 is 94.4. The Bertz CT molecular complexity index is 1710. The van der Waals surface area contributed by atoms with Gasteiger partial charge in [0.2, 0.25) is 5.89 Å². The van der Waals surface area contributed by atoms with Gasteiger partial charge in [0.15, 0.2) is 0 Å². The molecule has 43 heavy (non-hydrogen) atoms. The fourth-order valence-electron chi connectivity index (χ4n) is 5.01. The van der Waals surface area contributed by atoms with E-state index in [1.807, 2.05) is 0 Å². The van der Waals surface area contributed by atoms with E-state index < -0.39 is 59.8 Å². The molecule has 0 saturated carbocycles. The lowest BCUT2D eigenvalue weighted by Gasteiger charge is -2.33. The molecular formula is C28H27F6N5O4. The molecule has 0 atom stereocenters. The number of piperidine rings is 1. The van der Waals surface area contributed by atoms with Gasteiger partial charge in [-0.05, 0) is 63.9 Å². The van der Waals surface area contributed by atoms with Gasteiger partial charge in [0.05, 0.1) is 23.1 Å². The maximum atomic E-state index is 15.2. The van der Waals surface area contributed by atoms with Crippen molar-refractivity contribution in [1.82, 2.24) is 24.2 Å². The number of nitrogens with zero attached hydrogens (tertiary/aromatic N) is 5. The van der Waals surface area contributed by atoms with Crippen LogP contribution in [0.25, 0.3) is 22.5 Å². The number of halogens is 6. The van der Waals surface area contributed by atoms with Crippen LogP contribution in [0.3, 0.4) is 0 Å². The second-order valence-corrected chi connectivity index (χ2v) is 11.2. The first-order valence-corrected chi connectivity index (χ1v) is 13.3. The largest absolute Gasteiger partial charge is 0.444 e. The fourth-order valence-corrected chi connectivity index (χ4v) is 5.01. The Hall–Kier alpha value is -4.30. The van der Waals surface area contributed by atoms with E-state index in [0.717, 1.165) is 22.8 Å². The van der Waals surface area contributed by atoms with Crippen LogP contribution in [0.4, 0.5) is 31.1 Å². The zero-order valence-corrected chi connectivity index (χ0v) is 23.3. The summed E-state index contributed by atoms with van der Waals surface area (Å²) in [4.78, 5) is 27.7. The number of rotatable bonds is 5. The van der Waals surface area contributed by atoms with Crippen molar-refractivity contribution in [2.45, 2.75) is 64.4 Å². The minimum absolute atomic E-state index is 0.00605. The number of imidazole rings is 1. The highest BCUT2D eigenvalue weighted by Gasteiger charge is 2.33. The molecule has 0 aliphatic carbocycles. The predicted octanol–water partition coefficient (Wildman–Crippen LogP) is 6.57. The fraction of sp³-hybridized carbons (Fsp3) is 0.429. The summed E-state index contributed by atoms with van der Waals surface area (Å²) in [5.41, 5.74) is -2.17. The number of fused-ring (bicyclic) bond motifs is 1. The third-order valence-corrected chi connectivity index (χ3v) is 7.03. The number of aromatic nitrogens is 4. The first-order valence-electron chi connectivity index (χ1n) is 13.3. The van der Waals surface area contributed by atoms with E-state index in [0.29, 0.717) is 12.8 Å². The number of hydrogen-bond donors (Lipinski definition) is 0. The van der Waals surface area contributed by atoms with E-state index in [9.17, 15) is 31.5 Å². The molecule has 230 valence electrons. The topological polar surface area (TPSA) is 95.4 Å². The molecule has 1 amide bonds. The number of carbonyl (C=O) groups is 1. The zero-order valence-electron chi connectivity index (χ0n) is 23.3. The Morgan fingerprint density at radius 2 is 1.74 bits per heavy atom. The number of carbonyl (C=O) groups excluding carboxylic acids is 1. The lowest BCUT2D eigenvalue weighted by Crippen LogP contribution is -2.43. The van der Waals surface area contributed by atoms with Crippen molar-refractivity contribution < 1.29 is 40.3 Å². The minimum atomic E-state index is -4.69. The zero-order chi connectivity index (χ0) is 31.3. The molecule has 0 spiro atoms. The predicted molar refractivity (Wildman–Crippen MR) is 141 cm³/mol. The van der Waals surface area contributed by atoms with Crippen LogP contribution in [0.15, 0.2) is 45.6 Å². The van der Waals surface area contributed by atoms with Crippen LogP contribution in [-0.2, 0) is 17.5 Å². The molecular weight excluding hydrogens is 584 g/mol. The van der Waals surface area contributed by atoms with E-state index in [-0.39, 0.29) is 41.1 Å². The minimum Gasteiger partial charge on any atom is -0.444 e. The van der Waals surface area contributed by atoms with Crippen LogP contribution in [0.1, 0.15) is 63.1 Å². The van der Waals surface area contributed by atoms with Gasteiger partial charge in [0.25, 0.3) is 5.89 Å². The van der Waals surface area contributed by atoms with Crippen LogP contribution < -0.4 is 5.69 Å². The second-order valence-electron chi connectivity index (χ2n) is 11.2. The van der Waals surface area contributed by atoms with Crippen molar-refractivity contribution in [2.75, 3.05) is 13.1 Å². The van der Waals surface area contributed by atoms with Crippen LogP contribution in [0, 0.1) is 5.82 Å². The molecule has 1 aliphatic heterocycles. The summed E-state index contributed by atoms with van der Waals surface area (Å²) in [6.07, 6.45) is -7.52. The molecule has 1 aliphatic rings. The smallest absolute Gasteiger partial charge is 0.416 e. The van der Waals surface area contributed by atoms with Crippen molar-refractivity contribution >= 4 is 17.1 Å². The number of likely N-dealkylation sites (tertiary alicyclic amines) is 1. The van der Waals surface area contributed by atoms with Gasteiger partial charge < -0.3 is 14.1 Å². The molecule has 0 N–H and O–H groups in total. The van der Waals surface area contributed by atoms with Gasteiger partial charge in [-0.15, -0.1) is 10.2 Å².